The Balaban J connectivity index is 1.89. The van der Waals surface area contributed by atoms with E-state index in [2.05, 4.69) is 4.98 Å². The molecule has 0 bridgehead atoms. The molecule has 1 amide bonds. The number of ketones is 1. The van der Waals surface area contributed by atoms with Crippen molar-refractivity contribution in [2.45, 2.75) is 33.4 Å². The van der Waals surface area contributed by atoms with Gasteiger partial charge in [0, 0.05) is 12.6 Å². The van der Waals surface area contributed by atoms with Crippen molar-refractivity contribution in [2.24, 2.45) is 0 Å². The van der Waals surface area contributed by atoms with Gasteiger partial charge in [0.05, 0.1) is 50.4 Å². The topological polar surface area (TPSA) is 106 Å². The van der Waals surface area contributed by atoms with Crippen LogP contribution in [0.15, 0.2) is 45.6 Å². The summed E-state index contributed by atoms with van der Waals surface area (Å²) in [4.78, 5) is 41.7. The lowest BCUT2D eigenvalue weighted by Crippen LogP contribution is -2.31. The number of Topliss-reactive ketones (excluding diaryl/α,β-unsaturated/α-hetero) is 1. The number of nitrogens with one attached hydrogen (secondary N) is 1. The Labute approximate surface area is 167 Å². The van der Waals surface area contributed by atoms with Crippen LogP contribution in [-0.2, 0) is 29.0 Å². The van der Waals surface area contributed by atoms with Crippen LogP contribution < -0.4 is 0 Å². The molecule has 0 atom stereocenters. The van der Waals surface area contributed by atoms with E-state index in [0.717, 1.165) is 0 Å². The zero-order valence-electron chi connectivity index (χ0n) is 16.5. The van der Waals surface area contributed by atoms with Gasteiger partial charge in [-0.2, -0.15) is 0 Å². The number of hydrogen-bond donors (Lipinski definition) is 1. The molecule has 152 valence electrons. The van der Waals surface area contributed by atoms with Crippen LogP contribution in [0.2, 0.25) is 0 Å². The van der Waals surface area contributed by atoms with E-state index in [0.29, 0.717) is 22.8 Å². The van der Waals surface area contributed by atoms with Crippen molar-refractivity contribution in [3.63, 3.8) is 0 Å². The molecular formula is C21H22N2O6. The van der Waals surface area contributed by atoms with Crippen molar-refractivity contribution in [1.29, 1.82) is 0 Å². The predicted octanol–water partition coefficient (Wildman–Crippen LogP) is 3.27. The molecule has 1 N–H and O–H groups in total. The molecule has 0 aromatic carbocycles. The Bertz CT molecular complexity index is 962. The first kappa shape index (κ1) is 20.2. The van der Waals surface area contributed by atoms with E-state index in [-0.39, 0.29) is 42.5 Å². The molecule has 8 nitrogen and oxygen atoms in total. The van der Waals surface area contributed by atoms with Crippen molar-refractivity contribution in [2.75, 3.05) is 7.11 Å². The second kappa shape index (κ2) is 8.64. The molecular weight excluding hydrogens is 376 g/mol. The molecule has 29 heavy (non-hydrogen) atoms. The normalized spacial score (nSPS) is 10.7. The van der Waals surface area contributed by atoms with Crippen LogP contribution in [0.4, 0.5) is 0 Å². The Morgan fingerprint density at radius 1 is 1.07 bits per heavy atom. The largest absolute Gasteiger partial charge is 0.467 e. The number of esters is 1. The van der Waals surface area contributed by atoms with E-state index in [1.54, 1.807) is 36.1 Å². The summed E-state index contributed by atoms with van der Waals surface area (Å²) in [6.45, 7) is 3.52. The fraction of sp³-hybridized carbons (Fsp3) is 0.286. The number of aromatic amines is 1. The summed E-state index contributed by atoms with van der Waals surface area (Å²) < 4.78 is 15.6. The zero-order valence-corrected chi connectivity index (χ0v) is 16.5. The van der Waals surface area contributed by atoms with E-state index in [1.807, 2.05) is 0 Å². The van der Waals surface area contributed by atoms with E-state index in [1.165, 1.54) is 26.6 Å². The summed E-state index contributed by atoms with van der Waals surface area (Å²) in [6, 6.07) is 7.03. The number of H-pyrrole nitrogens is 1. The van der Waals surface area contributed by atoms with Crippen molar-refractivity contribution < 1.29 is 28.0 Å². The number of ether oxygens (including phenoxy) is 1. The van der Waals surface area contributed by atoms with Crippen molar-refractivity contribution in [3.8, 4) is 0 Å². The average Bonchev–Trinajstić information content (AvgIpc) is 3.43. The van der Waals surface area contributed by atoms with Crippen LogP contribution >= 0.6 is 0 Å². The molecule has 0 saturated heterocycles. The zero-order chi connectivity index (χ0) is 21.0. The molecule has 8 heteroatoms. The van der Waals surface area contributed by atoms with E-state index >= 15 is 0 Å². The summed E-state index contributed by atoms with van der Waals surface area (Å²) in [5, 5.41) is 0. The van der Waals surface area contributed by atoms with Gasteiger partial charge in [0.2, 0.25) is 5.91 Å². The summed E-state index contributed by atoms with van der Waals surface area (Å²) in [5.74, 6) is 0.140. The highest BCUT2D eigenvalue weighted by Crippen LogP contribution is 2.22. The highest BCUT2D eigenvalue weighted by Gasteiger charge is 2.26. The third kappa shape index (κ3) is 4.48. The smallest absolute Gasteiger partial charge is 0.339 e. The number of carbonyl (C=O) groups excluding carboxylic acids is 3. The molecule has 0 saturated carbocycles. The summed E-state index contributed by atoms with van der Waals surface area (Å²) >= 11 is 0. The van der Waals surface area contributed by atoms with Crippen LogP contribution in [0.25, 0.3) is 0 Å². The predicted molar refractivity (Wildman–Crippen MR) is 102 cm³/mol. The van der Waals surface area contributed by atoms with Gasteiger partial charge in [-0.1, -0.05) is 0 Å². The van der Waals surface area contributed by atoms with Gasteiger partial charge in [0.15, 0.2) is 5.78 Å². The number of hydrogen-bond acceptors (Lipinski definition) is 6. The molecule has 0 radical (unpaired) electrons. The Morgan fingerprint density at radius 3 is 2.10 bits per heavy atom. The number of nitrogens with zero attached hydrogens (tertiary/aromatic N) is 1. The molecule has 0 fully saturated rings. The Morgan fingerprint density at radius 2 is 1.66 bits per heavy atom. The summed E-state index contributed by atoms with van der Waals surface area (Å²) in [6.07, 6.45) is 2.96. The molecule has 0 unspecified atom stereocenters. The van der Waals surface area contributed by atoms with Gasteiger partial charge in [0.25, 0.3) is 0 Å². The summed E-state index contributed by atoms with van der Waals surface area (Å²) in [5.41, 5.74) is 1.31. The fourth-order valence-corrected chi connectivity index (χ4v) is 3.20. The number of rotatable bonds is 8. The Hall–Kier alpha value is -3.55. The van der Waals surface area contributed by atoms with Gasteiger partial charge in [-0.3, -0.25) is 9.59 Å². The standard InChI is InChI=1S/C21H22N2O6/c1-13-19(21(26)27-3)17(22-20(13)14(2)24)10-18(25)23(11-15-6-4-8-28-15)12-16-7-5-9-29-16/h4-9,22H,10-12H2,1-3H3. The molecule has 3 heterocycles. The van der Waals surface area contributed by atoms with Gasteiger partial charge < -0.3 is 23.5 Å². The lowest BCUT2D eigenvalue weighted by atomic mass is 10.1. The molecule has 3 aromatic heterocycles. The maximum atomic E-state index is 13.1. The van der Waals surface area contributed by atoms with E-state index < -0.39 is 5.97 Å². The average molecular weight is 398 g/mol. The first-order valence-electron chi connectivity index (χ1n) is 9.04. The minimum Gasteiger partial charge on any atom is -0.467 e. The van der Waals surface area contributed by atoms with Crippen LogP contribution in [-0.4, -0.2) is 34.7 Å². The monoisotopic (exact) mass is 398 g/mol. The minimum absolute atomic E-state index is 0.111. The van der Waals surface area contributed by atoms with Crippen molar-refractivity contribution in [3.05, 3.63) is 70.8 Å². The van der Waals surface area contributed by atoms with Gasteiger partial charge >= 0.3 is 5.97 Å². The number of furan rings is 2. The SMILES string of the molecule is COC(=O)c1c(CC(=O)N(Cc2ccco2)Cc2ccco2)[nH]c(C(C)=O)c1C. The summed E-state index contributed by atoms with van der Waals surface area (Å²) in [7, 11) is 1.26. The number of amides is 1. The van der Waals surface area contributed by atoms with Crippen molar-refractivity contribution >= 4 is 17.7 Å². The second-order valence-electron chi connectivity index (χ2n) is 6.61. The Kier molecular flexibility index (Phi) is 6.01. The maximum Gasteiger partial charge on any atom is 0.339 e. The molecule has 3 rings (SSSR count). The van der Waals surface area contributed by atoms with Gasteiger partial charge in [-0.25, -0.2) is 4.79 Å². The minimum atomic E-state index is -0.599. The van der Waals surface area contributed by atoms with Crippen LogP contribution in [0.1, 0.15) is 50.5 Å². The lowest BCUT2D eigenvalue weighted by molar-refractivity contribution is -0.132. The molecule has 0 aliphatic heterocycles. The van der Waals surface area contributed by atoms with Crippen molar-refractivity contribution in [1.82, 2.24) is 9.88 Å². The lowest BCUT2D eigenvalue weighted by Gasteiger charge is -2.20. The third-order valence-electron chi connectivity index (χ3n) is 4.60. The first-order valence-corrected chi connectivity index (χ1v) is 9.04. The van der Waals surface area contributed by atoms with E-state index in [4.69, 9.17) is 13.6 Å². The molecule has 0 aliphatic carbocycles. The van der Waals surface area contributed by atoms with E-state index in [9.17, 15) is 14.4 Å². The first-order chi connectivity index (χ1) is 13.9. The highest BCUT2D eigenvalue weighted by atomic mass is 16.5. The van der Waals surface area contributed by atoms with Crippen LogP contribution in [0, 0.1) is 6.92 Å². The molecule has 3 aromatic rings. The van der Waals surface area contributed by atoms with Gasteiger partial charge in [-0.05, 0) is 36.8 Å². The number of aromatic nitrogens is 1. The number of methoxy groups -OCH3 is 1. The highest BCUT2D eigenvalue weighted by molar-refractivity contribution is 6.01. The maximum absolute atomic E-state index is 13.1. The van der Waals surface area contributed by atoms with Crippen LogP contribution in [0.5, 0.6) is 0 Å². The third-order valence-corrected chi connectivity index (χ3v) is 4.60. The van der Waals surface area contributed by atoms with Gasteiger partial charge in [0.1, 0.15) is 11.5 Å². The number of carbonyl (C=O) groups is 3. The van der Waals surface area contributed by atoms with Gasteiger partial charge in [-0.15, -0.1) is 0 Å². The molecule has 0 spiro atoms. The fourth-order valence-electron chi connectivity index (χ4n) is 3.20. The quantitative estimate of drug-likeness (QED) is 0.461. The van der Waals surface area contributed by atoms with Crippen LogP contribution in [0.3, 0.4) is 0 Å². The molecule has 0 aliphatic rings. The second-order valence-corrected chi connectivity index (χ2v) is 6.61.